The molecule has 0 fully saturated rings. The van der Waals surface area contributed by atoms with Crippen LogP contribution in [0, 0.1) is 13.8 Å². The molecule has 6 heteroatoms. The lowest BCUT2D eigenvalue weighted by molar-refractivity contribution is -0.142. The van der Waals surface area contributed by atoms with Crippen molar-refractivity contribution in [2.45, 2.75) is 59.7 Å². The van der Waals surface area contributed by atoms with Crippen molar-refractivity contribution in [1.29, 1.82) is 0 Å². The van der Waals surface area contributed by atoms with Gasteiger partial charge in [-0.25, -0.2) is 0 Å². The molecule has 0 radical (unpaired) electrons. The molecular formula is C24H31ClN2O3. The zero-order valence-electron chi connectivity index (χ0n) is 18.6. The summed E-state index contributed by atoms with van der Waals surface area (Å²) in [4.78, 5) is 27.4. The summed E-state index contributed by atoms with van der Waals surface area (Å²) in [7, 11) is 0. The summed E-state index contributed by atoms with van der Waals surface area (Å²) in [6.07, 6.45) is 0. The lowest BCUT2D eigenvalue weighted by atomic mass is 10.1. The van der Waals surface area contributed by atoms with E-state index in [9.17, 15) is 9.59 Å². The smallest absolute Gasteiger partial charge is 0.261 e. The van der Waals surface area contributed by atoms with Crippen LogP contribution in [0.4, 0.5) is 0 Å². The molecule has 2 aromatic carbocycles. The first-order chi connectivity index (χ1) is 14.0. The minimum atomic E-state index is -0.657. The Morgan fingerprint density at radius 3 is 2.30 bits per heavy atom. The van der Waals surface area contributed by atoms with Crippen LogP contribution in [0.15, 0.2) is 42.5 Å². The molecule has 0 saturated heterocycles. The van der Waals surface area contributed by atoms with Crippen LogP contribution in [0.5, 0.6) is 5.75 Å². The minimum absolute atomic E-state index is 0.148. The number of carbonyl (C=O) groups excluding carboxylic acids is 2. The Balaban J connectivity index is 2.18. The van der Waals surface area contributed by atoms with E-state index < -0.39 is 11.6 Å². The van der Waals surface area contributed by atoms with E-state index in [1.807, 2.05) is 65.0 Å². The predicted octanol–water partition coefficient (Wildman–Crippen LogP) is 4.67. The molecule has 30 heavy (non-hydrogen) atoms. The quantitative estimate of drug-likeness (QED) is 0.694. The molecule has 2 rings (SSSR count). The second kappa shape index (κ2) is 9.98. The van der Waals surface area contributed by atoms with Gasteiger partial charge in [0.2, 0.25) is 5.91 Å². The molecule has 0 unspecified atom stereocenters. The van der Waals surface area contributed by atoms with Gasteiger partial charge in [-0.3, -0.25) is 9.59 Å². The van der Waals surface area contributed by atoms with Crippen molar-refractivity contribution >= 4 is 23.4 Å². The Morgan fingerprint density at radius 1 is 1.10 bits per heavy atom. The fourth-order valence-corrected chi connectivity index (χ4v) is 3.15. The van der Waals surface area contributed by atoms with Gasteiger partial charge in [0.15, 0.2) is 6.61 Å². The third-order valence-corrected chi connectivity index (χ3v) is 4.87. The zero-order chi connectivity index (χ0) is 22.5. The Bertz CT molecular complexity index is 888. The molecule has 2 amide bonds. The highest BCUT2D eigenvalue weighted by atomic mass is 35.5. The fraction of sp³-hybridized carbons (Fsp3) is 0.417. The molecule has 0 heterocycles. The lowest BCUT2D eigenvalue weighted by Crippen LogP contribution is -2.53. The number of nitrogens with one attached hydrogen (secondary N) is 1. The predicted molar refractivity (Wildman–Crippen MR) is 121 cm³/mol. The summed E-state index contributed by atoms with van der Waals surface area (Å²) in [6.45, 7) is 11.5. The number of carbonyl (C=O) groups is 2. The molecule has 2 aromatic rings. The Morgan fingerprint density at radius 2 is 1.73 bits per heavy atom. The molecule has 0 aliphatic carbocycles. The average molecular weight is 431 g/mol. The van der Waals surface area contributed by atoms with E-state index in [-0.39, 0.29) is 25.0 Å². The fourth-order valence-electron chi connectivity index (χ4n) is 3.03. The van der Waals surface area contributed by atoms with E-state index in [2.05, 4.69) is 5.32 Å². The van der Waals surface area contributed by atoms with Crippen LogP contribution in [-0.2, 0) is 16.1 Å². The summed E-state index contributed by atoms with van der Waals surface area (Å²) < 4.78 is 5.78. The first-order valence-electron chi connectivity index (χ1n) is 10.0. The van der Waals surface area contributed by atoms with Crippen LogP contribution in [0.2, 0.25) is 5.02 Å². The van der Waals surface area contributed by atoms with Crippen LogP contribution in [0.1, 0.15) is 44.4 Å². The molecule has 0 bridgehead atoms. The van der Waals surface area contributed by atoms with Crippen LogP contribution in [-0.4, -0.2) is 34.9 Å². The summed E-state index contributed by atoms with van der Waals surface area (Å²) in [6, 6.07) is 12.4. The summed E-state index contributed by atoms with van der Waals surface area (Å²) in [5, 5.41) is 3.56. The lowest BCUT2D eigenvalue weighted by Gasteiger charge is -2.31. The second-order valence-electron chi connectivity index (χ2n) is 8.62. The van der Waals surface area contributed by atoms with Gasteiger partial charge in [0.1, 0.15) is 11.8 Å². The van der Waals surface area contributed by atoms with Crippen LogP contribution >= 0.6 is 11.6 Å². The van der Waals surface area contributed by atoms with Crippen LogP contribution in [0.3, 0.4) is 0 Å². The maximum atomic E-state index is 13.1. The topological polar surface area (TPSA) is 58.6 Å². The third-order valence-electron chi connectivity index (χ3n) is 4.61. The van der Waals surface area contributed by atoms with Gasteiger partial charge in [0, 0.05) is 17.1 Å². The van der Waals surface area contributed by atoms with Crippen molar-refractivity contribution in [2.75, 3.05) is 6.61 Å². The van der Waals surface area contributed by atoms with Crippen molar-refractivity contribution in [2.24, 2.45) is 0 Å². The summed E-state index contributed by atoms with van der Waals surface area (Å²) in [5.41, 5.74) is 2.58. The number of hydrogen-bond donors (Lipinski definition) is 1. The van der Waals surface area contributed by atoms with Crippen molar-refractivity contribution in [1.82, 2.24) is 10.2 Å². The van der Waals surface area contributed by atoms with E-state index in [1.165, 1.54) is 4.90 Å². The van der Waals surface area contributed by atoms with Gasteiger partial charge in [-0.15, -0.1) is 0 Å². The standard InChI is InChI=1S/C24H31ClN2O3/c1-16-7-12-21(17(2)13-16)30-15-22(28)27(14-19-8-10-20(25)11-9-19)18(3)23(29)26-24(4,5)6/h7-13,18H,14-15H2,1-6H3,(H,26,29)/t18-/m0/s1. The Labute approximate surface area is 184 Å². The van der Waals surface area contributed by atoms with Gasteiger partial charge >= 0.3 is 0 Å². The molecule has 1 atom stereocenters. The monoisotopic (exact) mass is 430 g/mol. The SMILES string of the molecule is Cc1ccc(OCC(=O)N(Cc2ccc(Cl)cc2)[C@@H](C)C(=O)NC(C)(C)C)c(C)c1. The molecular weight excluding hydrogens is 400 g/mol. The summed E-state index contributed by atoms with van der Waals surface area (Å²) in [5.74, 6) is 0.185. The van der Waals surface area contributed by atoms with Gasteiger partial charge in [-0.05, 0) is 70.9 Å². The van der Waals surface area contributed by atoms with Gasteiger partial charge in [0.25, 0.3) is 5.91 Å². The van der Waals surface area contributed by atoms with Crippen molar-refractivity contribution in [3.05, 3.63) is 64.2 Å². The number of nitrogens with zero attached hydrogens (tertiary/aromatic N) is 1. The van der Waals surface area contributed by atoms with Gasteiger partial charge in [0.05, 0.1) is 0 Å². The van der Waals surface area contributed by atoms with E-state index in [0.29, 0.717) is 10.8 Å². The number of ether oxygens (including phenoxy) is 1. The number of benzene rings is 2. The first-order valence-corrected chi connectivity index (χ1v) is 10.4. The molecule has 0 aromatic heterocycles. The van der Waals surface area contributed by atoms with Gasteiger partial charge < -0.3 is 15.0 Å². The van der Waals surface area contributed by atoms with E-state index >= 15 is 0 Å². The Hall–Kier alpha value is -2.53. The largest absolute Gasteiger partial charge is 0.483 e. The third kappa shape index (κ3) is 7.06. The minimum Gasteiger partial charge on any atom is -0.483 e. The van der Waals surface area contributed by atoms with Crippen molar-refractivity contribution in [3.63, 3.8) is 0 Å². The molecule has 5 nitrogen and oxygen atoms in total. The highest BCUT2D eigenvalue weighted by molar-refractivity contribution is 6.30. The molecule has 0 aliphatic heterocycles. The Kier molecular flexibility index (Phi) is 7.90. The zero-order valence-corrected chi connectivity index (χ0v) is 19.3. The van der Waals surface area contributed by atoms with E-state index in [1.54, 1.807) is 19.1 Å². The first kappa shape index (κ1) is 23.7. The molecule has 0 spiro atoms. The van der Waals surface area contributed by atoms with Crippen molar-refractivity contribution < 1.29 is 14.3 Å². The number of rotatable bonds is 7. The maximum Gasteiger partial charge on any atom is 0.261 e. The van der Waals surface area contributed by atoms with E-state index in [4.69, 9.17) is 16.3 Å². The molecule has 162 valence electrons. The molecule has 1 N–H and O–H groups in total. The van der Waals surface area contributed by atoms with Gasteiger partial charge in [-0.2, -0.15) is 0 Å². The number of amides is 2. The highest BCUT2D eigenvalue weighted by Gasteiger charge is 2.28. The number of hydrogen-bond acceptors (Lipinski definition) is 3. The van der Waals surface area contributed by atoms with Crippen LogP contribution < -0.4 is 10.1 Å². The average Bonchev–Trinajstić information content (AvgIpc) is 2.64. The normalized spacial score (nSPS) is 12.2. The highest BCUT2D eigenvalue weighted by Crippen LogP contribution is 2.20. The van der Waals surface area contributed by atoms with E-state index in [0.717, 1.165) is 16.7 Å². The van der Waals surface area contributed by atoms with Gasteiger partial charge in [-0.1, -0.05) is 41.4 Å². The molecule has 0 saturated carbocycles. The van der Waals surface area contributed by atoms with Crippen LogP contribution in [0.25, 0.3) is 0 Å². The number of halogens is 1. The summed E-state index contributed by atoms with van der Waals surface area (Å²) >= 11 is 5.98. The number of aryl methyl sites for hydroxylation is 2. The van der Waals surface area contributed by atoms with Crippen molar-refractivity contribution in [3.8, 4) is 5.75 Å². The maximum absolute atomic E-state index is 13.1. The second-order valence-corrected chi connectivity index (χ2v) is 9.06. The molecule has 0 aliphatic rings.